The van der Waals surface area contributed by atoms with E-state index in [4.69, 9.17) is 16.3 Å². The molecule has 0 aromatic heterocycles. The Bertz CT molecular complexity index is 715. The van der Waals surface area contributed by atoms with Gasteiger partial charge in [0.1, 0.15) is 6.61 Å². The standard InChI is InChI=1S/C20H20ClNO2/c21-14-6-5-11-22(12-14)20(23)24-13-19-17-9-3-1-7-15(17)16-8-2-4-10-18(16)19/h1-4,7-10,14,19H,5-6,11-13H2. The molecule has 2 aliphatic rings. The molecule has 124 valence electrons. The molecule has 1 unspecified atom stereocenters. The zero-order valence-corrected chi connectivity index (χ0v) is 14.2. The summed E-state index contributed by atoms with van der Waals surface area (Å²) >= 11 is 6.17. The molecule has 2 aromatic carbocycles. The lowest BCUT2D eigenvalue weighted by molar-refractivity contribution is 0.0934. The molecule has 0 radical (unpaired) electrons. The van der Waals surface area contributed by atoms with Crippen molar-refractivity contribution in [2.75, 3.05) is 19.7 Å². The van der Waals surface area contributed by atoms with Gasteiger partial charge in [-0.1, -0.05) is 48.5 Å². The number of piperidine rings is 1. The van der Waals surface area contributed by atoms with Gasteiger partial charge in [-0.2, -0.15) is 0 Å². The van der Waals surface area contributed by atoms with Gasteiger partial charge >= 0.3 is 6.09 Å². The summed E-state index contributed by atoms with van der Waals surface area (Å²) in [7, 11) is 0. The first-order valence-corrected chi connectivity index (χ1v) is 8.91. The minimum absolute atomic E-state index is 0.0410. The van der Waals surface area contributed by atoms with Crippen LogP contribution in [0.3, 0.4) is 0 Å². The van der Waals surface area contributed by atoms with E-state index >= 15 is 0 Å². The van der Waals surface area contributed by atoms with Gasteiger partial charge in [0.2, 0.25) is 0 Å². The van der Waals surface area contributed by atoms with Crippen LogP contribution in [0.4, 0.5) is 4.79 Å². The number of benzene rings is 2. The molecule has 2 aromatic rings. The van der Waals surface area contributed by atoms with Crippen molar-refractivity contribution in [3.63, 3.8) is 0 Å². The van der Waals surface area contributed by atoms with Gasteiger partial charge in [-0.15, -0.1) is 11.6 Å². The van der Waals surface area contributed by atoms with Gasteiger partial charge in [0.15, 0.2) is 0 Å². The van der Waals surface area contributed by atoms with E-state index in [2.05, 4.69) is 36.4 Å². The van der Waals surface area contributed by atoms with Crippen LogP contribution < -0.4 is 0 Å². The highest BCUT2D eigenvalue weighted by Gasteiger charge is 2.30. The van der Waals surface area contributed by atoms with Gasteiger partial charge in [-0.3, -0.25) is 0 Å². The molecule has 1 saturated heterocycles. The lowest BCUT2D eigenvalue weighted by atomic mass is 9.98. The minimum atomic E-state index is -0.248. The van der Waals surface area contributed by atoms with Crippen LogP contribution in [-0.2, 0) is 4.74 Å². The van der Waals surface area contributed by atoms with Crippen molar-refractivity contribution in [1.29, 1.82) is 0 Å². The van der Waals surface area contributed by atoms with Crippen molar-refractivity contribution in [1.82, 2.24) is 4.90 Å². The third kappa shape index (κ3) is 2.78. The number of hydrogen-bond donors (Lipinski definition) is 0. The Morgan fingerprint density at radius 1 is 1.08 bits per heavy atom. The average molecular weight is 342 g/mol. The molecule has 1 heterocycles. The number of ether oxygens (including phenoxy) is 1. The van der Waals surface area contributed by atoms with Gasteiger partial charge in [0, 0.05) is 19.0 Å². The quantitative estimate of drug-likeness (QED) is 0.745. The highest BCUT2D eigenvalue weighted by Crippen LogP contribution is 2.44. The molecule has 0 spiro atoms. The molecule has 0 saturated carbocycles. The number of likely N-dealkylation sites (tertiary alicyclic amines) is 1. The third-order valence-corrected chi connectivity index (χ3v) is 5.31. The fraction of sp³-hybridized carbons (Fsp3) is 0.350. The normalized spacial score (nSPS) is 19.7. The van der Waals surface area contributed by atoms with Crippen molar-refractivity contribution in [2.24, 2.45) is 0 Å². The average Bonchev–Trinajstić information content (AvgIpc) is 2.94. The summed E-state index contributed by atoms with van der Waals surface area (Å²) in [4.78, 5) is 14.1. The number of hydrogen-bond acceptors (Lipinski definition) is 2. The maximum Gasteiger partial charge on any atom is 0.409 e. The number of amides is 1. The van der Waals surface area contributed by atoms with E-state index in [-0.39, 0.29) is 17.4 Å². The fourth-order valence-corrected chi connectivity index (χ4v) is 4.10. The van der Waals surface area contributed by atoms with E-state index in [9.17, 15) is 4.79 Å². The number of fused-ring (bicyclic) bond motifs is 3. The van der Waals surface area contributed by atoms with Crippen LogP contribution in [-0.4, -0.2) is 36.1 Å². The van der Waals surface area contributed by atoms with E-state index < -0.39 is 0 Å². The highest BCUT2D eigenvalue weighted by atomic mass is 35.5. The van der Waals surface area contributed by atoms with Crippen LogP contribution in [0.5, 0.6) is 0 Å². The molecular formula is C20H20ClNO2. The van der Waals surface area contributed by atoms with E-state index in [1.54, 1.807) is 4.90 Å². The zero-order chi connectivity index (χ0) is 16.5. The number of halogens is 1. The Morgan fingerprint density at radius 2 is 1.71 bits per heavy atom. The van der Waals surface area contributed by atoms with E-state index in [1.165, 1.54) is 22.3 Å². The van der Waals surface area contributed by atoms with E-state index in [1.807, 2.05) is 12.1 Å². The molecule has 4 heteroatoms. The third-order valence-electron chi connectivity index (χ3n) is 4.96. The first kappa shape index (κ1) is 15.5. The van der Waals surface area contributed by atoms with E-state index in [0.717, 1.165) is 19.4 Å². The van der Waals surface area contributed by atoms with Crippen molar-refractivity contribution in [2.45, 2.75) is 24.1 Å². The summed E-state index contributed by atoms with van der Waals surface area (Å²) in [5, 5.41) is 0.0410. The molecule has 4 rings (SSSR count). The Labute approximate surface area is 147 Å². The molecule has 1 atom stereocenters. The molecule has 1 aliphatic carbocycles. The zero-order valence-electron chi connectivity index (χ0n) is 13.5. The molecular weight excluding hydrogens is 322 g/mol. The van der Waals surface area contributed by atoms with Crippen molar-refractivity contribution < 1.29 is 9.53 Å². The van der Waals surface area contributed by atoms with Gasteiger partial charge in [0.25, 0.3) is 0 Å². The van der Waals surface area contributed by atoms with Crippen molar-refractivity contribution in [3.05, 3.63) is 59.7 Å². The minimum Gasteiger partial charge on any atom is -0.448 e. The highest BCUT2D eigenvalue weighted by molar-refractivity contribution is 6.20. The summed E-state index contributed by atoms with van der Waals surface area (Å²) in [5.41, 5.74) is 4.96. The second kappa shape index (κ2) is 6.48. The number of nitrogens with zero attached hydrogens (tertiary/aromatic N) is 1. The van der Waals surface area contributed by atoms with Crippen LogP contribution in [0.25, 0.3) is 11.1 Å². The summed E-state index contributed by atoms with van der Waals surface area (Å²) in [6.07, 6.45) is 1.66. The molecule has 0 bridgehead atoms. The predicted molar refractivity (Wildman–Crippen MR) is 95.5 cm³/mol. The van der Waals surface area contributed by atoms with Gasteiger partial charge in [-0.05, 0) is 35.1 Å². The summed E-state index contributed by atoms with van der Waals surface area (Å²) < 4.78 is 5.66. The SMILES string of the molecule is O=C(OCC1c2ccccc2-c2ccccc21)N1CCCC(Cl)C1. The number of carbonyl (C=O) groups excluding carboxylic acids is 1. The molecule has 1 aliphatic heterocycles. The lowest BCUT2D eigenvalue weighted by Gasteiger charge is -2.29. The van der Waals surface area contributed by atoms with Crippen molar-refractivity contribution >= 4 is 17.7 Å². The molecule has 3 nitrogen and oxygen atoms in total. The van der Waals surface area contributed by atoms with Crippen LogP contribution >= 0.6 is 11.6 Å². The van der Waals surface area contributed by atoms with Crippen LogP contribution in [0, 0.1) is 0 Å². The topological polar surface area (TPSA) is 29.5 Å². The number of alkyl halides is 1. The maximum atomic E-state index is 12.4. The monoisotopic (exact) mass is 341 g/mol. The Morgan fingerprint density at radius 3 is 2.33 bits per heavy atom. The molecule has 0 N–H and O–H groups in total. The van der Waals surface area contributed by atoms with Crippen LogP contribution in [0.2, 0.25) is 0 Å². The maximum absolute atomic E-state index is 12.4. The smallest absolute Gasteiger partial charge is 0.409 e. The molecule has 1 fully saturated rings. The first-order chi connectivity index (χ1) is 11.7. The Kier molecular flexibility index (Phi) is 4.19. The van der Waals surface area contributed by atoms with Gasteiger partial charge in [-0.25, -0.2) is 4.79 Å². The van der Waals surface area contributed by atoms with Gasteiger partial charge in [0.05, 0.1) is 5.38 Å². The van der Waals surface area contributed by atoms with Crippen molar-refractivity contribution in [3.8, 4) is 11.1 Å². The predicted octanol–water partition coefficient (Wildman–Crippen LogP) is 4.64. The summed E-state index contributed by atoms with van der Waals surface area (Å²) in [6.45, 7) is 1.69. The molecule has 1 amide bonds. The number of carbonyl (C=O) groups is 1. The first-order valence-electron chi connectivity index (χ1n) is 8.48. The second-order valence-electron chi connectivity index (χ2n) is 6.49. The molecule has 24 heavy (non-hydrogen) atoms. The Balaban J connectivity index is 1.51. The van der Waals surface area contributed by atoms with E-state index in [0.29, 0.717) is 13.2 Å². The van der Waals surface area contributed by atoms with Crippen LogP contribution in [0.1, 0.15) is 29.9 Å². The van der Waals surface area contributed by atoms with Gasteiger partial charge < -0.3 is 9.64 Å². The largest absolute Gasteiger partial charge is 0.448 e. The second-order valence-corrected chi connectivity index (χ2v) is 7.11. The summed E-state index contributed by atoms with van der Waals surface area (Å²) in [6, 6.07) is 16.7. The fourth-order valence-electron chi connectivity index (χ4n) is 3.78. The number of rotatable bonds is 2. The summed E-state index contributed by atoms with van der Waals surface area (Å²) in [5.74, 6) is 0.109. The van der Waals surface area contributed by atoms with Crippen LogP contribution in [0.15, 0.2) is 48.5 Å². The Hall–Kier alpha value is -2.00. The lowest BCUT2D eigenvalue weighted by Crippen LogP contribution is -2.41.